The fraction of sp³-hybridized carbons (Fsp3) is 0.286. The fourth-order valence-electron chi connectivity index (χ4n) is 4.56. The van der Waals surface area contributed by atoms with Gasteiger partial charge in [0, 0.05) is 31.4 Å². The van der Waals surface area contributed by atoms with Crippen LogP contribution in [0.25, 0.3) is 0 Å². The minimum Gasteiger partial charge on any atom is -0.357 e. The second-order valence-corrected chi connectivity index (χ2v) is 9.32. The first-order valence-corrected chi connectivity index (χ1v) is 12.0. The highest BCUT2D eigenvalue weighted by Gasteiger charge is 2.34. The van der Waals surface area contributed by atoms with Crippen molar-refractivity contribution in [2.75, 3.05) is 18.0 Å². The van der Waals surface area contributed by atoms with Gasteiger partial charge in [-0.1, -0.05) is 37.3 Å². The van der Waals surface area contributed by atoms with Crippen molar-refractivity contribution in [1.82, 2.24) is 15.2 Å². The molecule has 35 heavy (non-hydrogen) atoms. The SMILES string of the molecule is CC1CCN(c2ccc(CNC(=O)c3ccc(CN4C(=O)c5ccccc5C4=O)cc3)cn2)CC1. The molecule has 1 N–H and O–H groups in total. The third kappa shape index (κ3) is 4.80. The molecule has 5 rings (SSSR count). The van der Waals surface area contributed by atoms with E-state index < -0.39 is 0 Å². The summed E-state index contributed by atoms with van der Waals surface area (Å²) in [5.41, 5.74) is 3.10. The van der Waals surface area contributed by atoms with Gasteiger partial charge in [-0.15, -0.1) is 0 Å². The van der Waals surface area contributed by atoms with E-state index in [0.717, 1.165) is 36.0 Å². The summed E-state index contributed by atoms with van der Waals surface area (Å²) in [5.74, 6) is 0.993. The fourth-order valence-corrected chi connectivity index (χ4v) is 4.56. The number of amides is 3. The minimum atomic E-state index is -0.290. The lowest BCUT2D eigenvalue weighted by Gasteiger charge is -2.31. The van der Waals surface area contributed by atoms with Gasteiger partial charge in [-0.05, 0) is 60.2 Å². The zero-order valence-corrected chi connectivity index (χ0v) is 19.7. The van der Waals surface area contributed by atoms with Crippen molar-refractivity contribution >= 4 is 23.5 Å². The summed E-state index contributed by atoms with van der Waals surface area (Å²) in [6.45, 7) is 4.92. The molecule has 7 heteroatoms. The van der Waals surface area contributed by atoms with E-state index in [4.69, 9.17) is 0 Å². The maximum atomic E-state index is 12.6. The van der Waals surface area contributed by atoms with Crippen LogP contribution in [0.1, 0.15) is 62.0 Å². The van der Waals surface area contributed by atoms with Gasteiger partial charge in [0.2, 0.25) is 0 Å². The summed E-state index contributed by atoms with van der Waals surface area (Å²) in [7, 11) is 0. The van der Waals surface area contributed by atoms with Crippen LogP contribution >= 0.6 is 0 Å². The van der Waals surface area contributed by atoms with Crippen LogP contribution in [0.2, 0.25) is 0 Å². The largest absolute Gasteiger partial charge is 0.357 e. The van der Waals surface area contributed by atoms with Crippen LogP contribution in [0.15, 0.2) is 66.9 Å². The van der Waals surface area contributed by atoms with E-state index in [1.807, 2.05) is 18.3 Å². The van der Waals surface area contributed by atoms with E-state index in [1.54, 1.807) is 48.5 Å². The van der Waals surface area contributed by atoms with Crippen LogP contribution in [0.4, 0.5) is 5.82 Å². The molecule has 0 aliphatic carbocycles. The first-order valence-electron chi connectivity index (χ1n) is 12.0. The molecule has 3 heterocycles. The zero-order chi connectivity index (χ0) is 24.4. The quantitative estimate of drug-likeness (QED) is 0.552. The number of piperidine rings is 1. The van der Waals surface area contributed by atoms with Crippen molar-refractivity contribution in [3.8, 4) is 0 Å². The molecule has 2 aromatic carbocycles. The van der Waals surface area contributed by atoms with Crippen LogP contribution in [-0.2, 0) is 13.1 Å². The lowest BCUT2D eigenvalue weighted by Crippen LogP contribution is -2.33. The predicted molar refractivity (Wildman–Crippen MR) is 133 cm³/mol. The number of nitrogens with zero attached hydrogens (tertiary/aromatic N) is 3. The van der Waals surface area contributed by atoms with Crippen molar-refractivity contribution in [2.45, 2.75) is 32.9 Å². The Hall–Kier alpha value is -4.00. The molecule has 3 aromatic rings. The molecule has 1 fully saturated rings. The Morgan fingerprint density at radius 1 is 0.914 bits per heavy atom. The van der Waals surface area contributed by atoms with Gasteiger partial charge in [0.25, 0.3) is 17.7 Å². The Bertz CT molecular complexity index is 1210. The molecule has 7 nitrogen and oxygen atoms in total. The van der Waals surface area contributed by atoms with Gasteiger partial charge in [-0.25, -0.2) is 4.98 Å². The summed E-state index contributed by atoms with van der Waals surface area (Å²) in [6, 6.07) is 17.8. The van der Waals surface area contributed by atoms with Gasteiger partial charge < -0.3 is 10.2 Å². The number of fused-ring (bicyclic) bond motifs is 1. The molecule has 2 aliphatic rings. The second-order valence-electron chi connectivity index (χ2n) is 9.32. The average Bonchev–Trinajstić information content (AvgIpc) is 3.13. The van der Waals surface area contributed by atoms with Gasteiger partial charge in [-0.3, -0.25) is 19.3 Å². The Morgan fingerprint density at radius 2 is 1.54 bits per heavy atom. The van der Waals surface area contributed by atoms with Crippen molar-refractivity contribution in [3.63, 3.8) is 0 Å². The number of imide groups is 1. The molecule has 0 spiro atoms. The molecule has 0 atom stereocenters. The molecule has 2 aliphatic heterocycles. The third-order valence-corrected chi connectivity index (χ3v) is 6.80. The van der Waals surface area contributed by atoms with E-state index >= 15 is 0 Å². The van der Waals surface area contributed by atoms with E-state index in [1.165, 1.54) is 17.7 Å². The second kappa shape index (κ2) is 9.70. The first-order chi connectivity index (χ1) is 17.0. The topological polar surface area (TPSA) is 82.6 Å². The van der Waals surface area contributed by atoms with Crippen molar-refractivity contribution < 1.29 is 14.4 Å². The summed E-state index contributed by atoms with van der Waals surface area (Å²) in [4.78, 5) is 45.9. The van der Waals surface area contributed by atoms with Gasteiger partial charge >= 0.3 is 0 Å². The normalized spacial score (nSPS) is 15.9. The minimum absolute atomic E-state index is 0.169. The Labute approximate surface area is 204 Å². The van der Waals surface area contributed by atoms with Crippen LogP contribution in [0.5, 0.6) is 0 Å². The highest BCUT2D eigenvalue weighted by atomic mass is 16.2. The predicted octanol–water partition coefficient (Wildman–Crippen LogP) is 4.04. The number of anilines is 1. The van der Waals surface area contributed by atoms with E-state index in [0.29, 0.717) is 23.2 Å². The smallest absolute Gasteiger partial charge is 0.261 e. The van der Waals surface area contributed by atoms with Gasteiger partial charge in [0.1, 0.15) is 5.82 Å². The first kappa shape index (κ1) is 22.8. The van der Waals surface area contributed by atoms with E-state index in [-0.39, 0.29) is 24.3 Å². The maximum absolute atomic E-state index is 12.6. The maximum Gasteiger partial charge on any atom is 0.261 e. The van der Waals surface area contributed by atoms with Crippen molar-refractivity contribution in [2.24, 2.45) is 5.92 Å². The van der Waals surface area contributed by atoms with Crippen molar-refractivity contribution in [1.29, 1.82) is 0 Å². The molecule has 1 aromatic heterocycles. The number of carbonyl (C=O) groups is 3. The number of aromatic nitrogens is 1. The number of nitrogens with one attached hydrogen (secondary N) is 1. The monoisotopic (exact) mass is 468 g/mol. The molecule has 0 saturated carbocycles. The molecule has 0 bridgehead atoms. The summed E-state index contributed by atoms with van der Waals surface area (Å²) in [5, 5.41) is 2.93. The Kier molecular flexibility index (Phi) is 6.31. The molecular formula is C28H28N4O3. The molecular weight excluding hydrogens is 440 g/mol. The van der Waals surface area contributed by atoms with E-state index in [2.05, 4.69) is 22.1 Å². The molecule has 178 valence electrons. The number of benzene rings is 2. The zero-order valence-electron chi connectivity index (χ0n) is 19.7. The van der Waals surface area contributed by atoms with E-state index in [9.17, 15) is 14.4 Å². The highest BCUT2D eigenvalue weighted by molar-refractivity contribution is 6.21. The van der Waals surface area contributed by atoms with Gasteiger partial charge in [0.15, 0.2) is 0 Å². The molecule has 3 amide bonds. The number of hydrogen-bond acceptors (Lipinski definition) is 5. The lowest BCUT2D eigenvalue weighted by atomic mass is 9.99. The Morgan fingerprint density at radius 3 is 2.14 bits per heavy atom. The van der Waals surface area contributed by atoms with Crippen LogP contribution in [-0.4, -0.2) is 40.7 Å². The summed E-state index contributed by atoms with van der Waals surface area (Å²) < 4.78 is 0. The summed E-state index contributed by atoms with van der Waals surface area (Å²) >= 11 is 0. The Balaban J connectivity index is 1.15. The van der Waals surface area contributed by atoms with Crippen LogP contribution < -0.4 is 10.2 Å². The highest BCUT2D eigenvalue weighted by Crippen LogP contribution is 2.24. The molecule has 1 saturated heterocycles. The number of pyridine rings is 1. The summed E-state index contributed by atoms with van der Waals surface area (Å²) in [6.07, 6.45) is 4.20. The molecule has 0 radical (unpaired) electrons. The van der Waals surface area contributed by atoms with Gasteiger partial charge in [0.05, 0.1) is 17.7 Å². The lowest BCUT2D eigenvalue weighted by molar-refractivity contribution is 0.0641. The number of rotatable bonds is 6. The van der Waals surface area contributed by atoms with Gasteiger partial charge in [-0.2, -0.15) is 0 Å². The standard InChI is InChI=1S/C28H28N4O3/c1-19-12-14-31(15-13-19)25-11-8-21(16-29-25)17-30-26(33)22-9-6-20(7-10-22)18-32-27(34)23-4-2-3-5-24(23)28(32)35/h2-11,16,19H,12-15,17-18H2,1H3,(H,30,33). The number of carbonyl (C=O) groups excluding carboxylic acids is 3. The third-order valence-electron chi connectivity index (χ3n) is 6.80. The van der Waals surface area contributed by atoms with Crippen LogP contribution in [0, 0.1) is 5.92 Å². The average molecular weight is 469 g/mol. The van der Waals surface area contributed by atoms with Crippen LogP contribution in [0.3, 0.4) is 0 Å². The van der Waals surface area contributed by atoms with Crippen molar-refractivity contribution in [3.05, 3.63) is 94.7 Å². The number of hydrogen-bond donors (Lipinski definition) is 1. The molecule has 0 unspecified atom stereocenters.